The van der Waals surface area contributed by atoms with Crippen LogP contribution in [0.25, 0.3) is 0 Å². The Morgan fingerprint density at radius 2 is 2.07 bits per heavy atom. The van der Waals surface area contributed by atoms with Crippen LogP contribution in [-0.4, -0.2) is 22.9 Å². The molecule has 4 nitrogen and oxygen atoms in total. The van der Waals surface area contributed by atoms with Crippen molar-refractivity contribution >= 4 is 0 Å². The number of hydrogen-bond donors (Lipinski definition) is 2. The zero-order valence-electron chi connectivity index (χ0n) is 9.16. The van der Waals surface area contributed by atoms with Crippen LogP contribution < -0.4 is 5.32 Å². The SMILES string of the molecule is Cc1noc(C)c1C(C)NCC(C)O. The third-order valence-corrected chi connectivity index (χ3v) is 2.24. The molecule has 0 aliphatic rings. The maximum atomic E-state index is 9.14. The molecule has 0 aliphatic heterocycles. The van der Waals surface area contributed by atoms with Crippen LogP contribution in [0.5, 0.6) is 0 Å². The Kier molecular flexibility index (Phi) is 3.66. The van der Waals surface area contributed by atoms with E-state index in [1.807, 2.05) is 20.8 Å². The van der Waals surface area contributed by atoms with Crippen LogP contribution in [-0.2, 0) is 0 Å². The van der Waals surface area contributed by atoms with E-state index in [2.05, 4.69) is 10.5 Å². The van der Waals surface area contributed by atoms with Crippen molar-refractivity contribution in [3.63, 3.8) is 0 Å². The Morgan fingerprint density at radius 3 is 2.50 bits per heavy atom. The number of nitrogens with one attached hydrogen (secondary N) is 1. The number of aromatic nitrogens is 1. The van der Waals surface area contributed by atoms with Gasteiger partial charge in [0.2, 0.25) is 0 Å². The molecule has 2 atom stereocenters. The fraction of sp³-hybridized carbons (Fsp3) is 0.700. The van der Waals surface area contributed by atoms with Crippen LogP contribution in [0.1, 0.15) is 36.9 Å². The highest BCUT2D eigenvalue weighted by molar-refractivity contribution is 5.24. The van der Waals surface area contributed by atoms with Crippen LogP contribution in [0.15, 0.2) is 4.52 Å². The van der Waals surface area contributed by atoms with E-state index in [0.29, 0.717) is 6.54 Å². The quantitative estimate of drug-likeness (QED) is 0.766. The lowest BCUT2D eigenvalue weighted by molar-refractivity contribution is 0.187. The van der Waals surface area contributed by atoms with Crippen molar-refractivity contribution < 1.29 is 9.63 Å². The minimum absolute atomic E-state index is 0.163. The molecule has 0 bridgehead atoms. The summed E-state index contributed by atoms with van der Waals surface area (Å²) >= 11 is 0. The van der Waals surface area contributed by atoms with Gasteiger partial charge in [0.25, 0.3) is 0 Å². The van der Waals surface area contributed by atoms with Gasteiger partial charge in [0.15, 0.2) is 0 Å². The zero-order chi connectivity index (χ0) is 10.7. The van der Waals surface area contributed by atoms with Crippen LogP contribution in [0.2, 0.25) is 0 Å². The molecule has 1 rings (SSSR count). The van der Waals surface area contributed by atoms with E-state index in [1.165, 1.54) is 0 Å². The van der Waals surface area contributed by atoms with Crippen molar-refractivity contribution in [2.24, 2.45) is 0 Å². The van der Waals surface area contributed by atoms with Crippen LogP contribution in [0.4, 0.5) is 0 Å². The van der Waals surface area contributed by atoms with Gasteiger partial charge in [0.1, 0.15) is 5.76 Å². The Hall–Kier alpha value is -0.870. The summed E-state index contributed by atoms with van der Waals surface area (Å²) in [5.74, 6) is 0.841. The molecule has 0 saturated carbocycles. The molecule has 1 aromatic rings. The first-order valence-corrected chi connectivity index (χ1v) is 4.86. The van der Waals surface area contributed by atoms with Gasteiger partial charge in [0.05, 0.1) is 11.8 Å². The molecule has 2 unspecified atom stereocenters. The lowest BCUT2D eigenvalue weighted by Crippen LogP contribution is -2.27. The van der Waals surface area contributed by atoms with Gasteiger partial charge in [-0.05, 0) is 27.7 Å². The third-order valence-electron chi connectivity index (χ3n) is 2.24. The van der Waals surface area contributed by atoms with Gasteiger partial charge in [-0.2, -0.15) is 0 Å². The predicted octanol–water partition coefficient (Wildman–Crippen LogP) is 1.32. The maximum absolute atomic E-state index is 9.14. The summed E-state index contributed by atoms with van der Waals surface area (Å²) in [6, 6.07) is 0.163. The van der Waals surface area contributed by atoms with Crippen molar-refractivity contribution in [1.29, 1.82) is 0 Å². The monoisotopic (exact) mass is 198 g/mol. The van der Waals surface area contributed by atoms with Crippen LogP contribution in [0, 0.1) is 13.8 Å². The summed E-state index contributed by atoms with van der Waals surface area (Å²) in [6.45, 7) is 8.19. The van der Waals surface area contributed by atoms with E-state index in [0.717, 1.165) is 17.0 Å². The molecule has 1 aromatic heterocycles. The second-order valence-corrected chi connectivity index (χ2v) is 3.72. The number of nitrogens with zero attached hydrogens (tertiary/aromatic N) is 1. The van der Waals surface area contributed by atoms with Gasteiger partial charge in [0, 0.05) is 18.2 Å². The van der Waals surface area contributed by atoms with E-state index in [1.54, 1.807) is 6.92 Å². The Morgan fingerprint density at radius 1 is 1.43 bits per heavy atom. The minimum Gasteiger partial charge on any atom is -0.392 e. The van der Waals surface area contributed by atoms with Crippen molar-refractivity contribution in [1.82, 2.24) is 10.5 Å². The van der Waals surface area contributed by atoms with Gasteiger partial charge in [-0.15, -0.1) is 0 Å². The van der Waals surface area contributed by atoms with Crippen LogP contribution in [0.3, 0.4) is 0 Å². The molecule has 0 fully saturated rings. The normalized spacial score (nSPS) is 15.5. The fourth-order valence-electron chi connectivity index (χ4n) is 1.56. The molecular formula is C10H18N2O2. The summed E-state index contributed by atoms with van der Waals surface area (Å²) in [4.78, 5) is 0. The number of aliphatic hydroxyl groups excluding tert-OH is 1. The minimum atomic E-state index is -0.335. The Labute approximate surface area is 84.3 Å². The van der Waals surface area contributed by atoms with Gasteiger partial charge in [-0.3, -0.25) is 0 Å². The molecule has 0 amide bonds. The predicted molar refractivity (Wildman–Crippen MR) is 54.1 cm³/mol. The molecule has 0 aliphatic carbocycles. The summed E-state index contributed by atoms with van der Waals surface area (Å²) in [5.41, 5.74) is 2.00. The Balaban J connectivity index is 2.64. The maximum Gasteiger partial charge on any atom is 0.138 e. The average Bonchev–Trinajstić information content (AvgIpc) is 2.42. The molecule has 0 aromatic carbocycles. The lowest BCUT2D eigenvalue weighted by atomic mass is 10.1. The summed E-state index contributed by atoms with van der Waals surface area (Å²) in [7, 11) is 0. The molecule has 14 heavy (non-hydrogen) atoms. The van der Waals surface area contributed by atoms with Gasteiger partial charge < -0.3 is 14.9 Å². The molecule has 0 spiro atoms. The standard InChI is InChI=1S/C10H18N2O2/c1-6(13)5-11-7(2)10-8(3)12-14-9(10)4/h6-7,11,13H,5H2,1-4H3. The molecule has 0 radical (unpaired) electrons. The van der Waals surface area contributed by atoms with Crippen molar-refractivity contribution in [3.8, 4) is 0 Å². The highest BCUT2D eigenvalue weighted by Crippen LogP contribution is 2.20. The fourth-order valence-corrected chi connectivity index (χ4v) is 1.56. The van der Waals surface area contributed by atoms with E-state index < -0.39 is 0 Å². The van der Waals surface area contributed by atoms with E-state index in [-0.39, 0.29) is 12.1 Å². The van der Waals surface area contributed by atoms with Gasteiger partial charge in [-0.1, -0.05) is 5.16 Å². The smallest absolute Gasteiger partial charge is 0.138 e. The highest BCUT2D eigenvalue weighted by atomic mass is 16.5. The summed E-state index contributed by atoms with van der Waals surface area (Å²) < 4.78 is 5.07. The molecule has 2 N–H and O–H groups in total. The number of hydrogen-bond acceptors (Lipinski definition) is 4. The first-order chi connectivity index (χ1) is 6.52. The average molecular weight is 198 g/mol. The van der Waals surface area contributed by atoms with E-state index >= 15 is 0 Å². The van der Waals surface area contributed by atoms with Crippen LogP contribution >= 0.6 is 0 Å². The lowest BCUT2D eigenvalue weighted by Gasteiger charge is -2.14. The van der Waals surface area contributed by atoms with Gasteiger partial charge >= 0.3 is 0 Å². The molecule has 1 heterocycles. The largest absolute Gasteiger partial charge is 0.392 e. The molecular weight excluding hydrogens is 180 g/mol. The number of rotatable bonds is 4. The summed E-state index contributed by atoms with van der Waals surface area (Å²) in [5, 5.41) is 16.2. The second kappa shape index (κ2) is 4.57. The van der Waals surface area contributed by atoms with E-state index in [4.69, 9.17) is 9.63 Å². The zero-order valence-corrected chi connectivity index (χ0v) is 9.16. The summed E-state index contributed by atoms with van der Waals surface area (Å²) in [6.07, 6.45) is -0.335. The molecule has 4 heteroatoms. The Bertz CT molecular complexity index is 275. The van der Waals surface area contributed by atoms with E-state index in [9.17, 15) is 0 Å². The number of aryl methyl sites for hydroxylation is 2. The van der Waals surface area contributed by atoms with Gasteiger partial charge in [-0.25, -0.2) is 0 Å². The first kappa shape index (κ1) is 11.2. The third kappa shape index (κ3) is 2.56. The van der Waals surface area contributed by atoms with Crippen molar-refractivity contribution in [3.05, 3.63) is 17.0 Å². The highest BCUT2D eigenvalue weighted by Gasteiger charge is 2.15. The molecule has 80 valence electrons. The number of aliphatic hydroxyl groups is 1. The topological polar surface area (TPSA) is 58.3 Å². The van der Waals surface area contributed by atoms with Crippen molar-refractivity contribution in [2.45, 2.75) is 39.8 Å². The van der Waals surface area contributed by atoms with Crippen molar-refractivity contribution in [2.75, 3.05) is 6.54 Å². The first-order valence-electron chi connectivity index (χ1n) is 4.86. The second-order valence-electron chi connectivity index (χ2n) is 3.72. The molecule has 0 saturated heterocycles.